The third-order valence-electron chi connectivity index (χ3n) is 5.20. The van der Waals surface area contributed by atoms with Gasteiger partial charge in [-0.3, -0.25) is 14.9 Å². The Hall–Kier alpha value is -3.80. The van der Waals surface area contributed by atoms with Crippen LogP contribution in [0, 0.1) is 21.7 Å². The van der Waals surface area contributed by atoms with Gasteiger partial charge >= 0.3 is 5.69 Å². The maximum atomic E-state index is 13.4. The summed E-state index contributed by atoms with van der Waals surface area (Å²) in [4.78, 5) is 35.1. The van der Waals surface area contributed by atoms with Crippen LogP contribution in [0.25, 0.3) is 0 Å². The SMILES string of the molecule is O=C(CSc1cc(N2CCN(c3ccc(F)cc3)CC2)ncn1)Nc1ccc(F)c([N+](=O)[O-])c1. The third-order valence-corrected chi connectivity index (χ3v) is 6.13. The number of halogens is 2. The molecule has 0 bridgehead atoms. The van der Waals surface area contributed by atoms with E-state index in [0.29, 0.717) is 5.03 Å². The topological polar surface area (TPSA) is 104 Å². The highest BCUT2D eigenvalue weighted by atomic mass is 32.2. The number of rotatable bonds is 7. The number of nitro groups is 1. The predicted octanol–water partition coefficient (Wildman–Crippen LogP) is 3.72. The van der Waals surface area contributed by atoms with Gasteiger partial charge in [0.05, 0.1) is 10.7 Å². The Balaban J connectivity index is 1.31. The second-order valence-electron chi connectivity index (χ2n) is 7.43. The summed E-state index contributed by atoms with van der Waals surface area (Å²) in [5.41, 5.74) is 0.406. The van der Waals surface area contributed by atoms with Crippen molar-refractivity contribution in [2.45, 2.75) is 5.03 Å². The van der Waals surface area contributed by atoms with E-state index in [1.165, 1.54) is 36.3 Å². The highest BCUT2D eigenvalue weighted by Gasteiger charge is 2.19. The lowest BCUT2D eigenvalue weighted by Gasteiger charge is -2.36. The summed E-state index contributed by atoms with van der Waals surface area (Å²) in [5, 5.41) is 14.0. The summed E-state index contributed by atoms with van der Waals surface area (Å²) < 4.78 is 26.6. The highest BCUT2D eigenvalue weighted by Crippen LogP contribution is 2.24. The molecule has 1 aliphatic heterocycles. The number of benzene rings is 2. The van der Waals surface area contributed by atoms with Gasteiger partial charge in [0.1, 0.15) is 23.0 Å². The lowest BCUT2D eigenvalue weighted by atomic mass is 10.2. The molecule has 0 aliphatic carbocycles. The first-order valence-corrected chi connectivity index (χ1v) is 11.3. The number of aromatic nitrogens is 2. The fraction of sp³-hybridized carbons (Fsp3) is 0.227. The first-order chi connectivity index (χ1) is 16.4. The molecule has 1 aromatic heterocycles. The molecule has 1 N–H and O–H groups in total. The molecular formula is C22H20F2N6O3S. The van der Waals surface area contributed by atoms with Gasteiger partial charge < -0.3 is 15.1 Å². The minimum absolute atomic E-state index is 0.0139. The van der Waals surface area contributed by atoms with Gasteiger partial charge in [0.15, 0.2) is 0 Å². The van der Waals surface area contributed by atoms with Gasteiger partial charge in [0.2, 0.25) is 11.7 Å². The Labute approximate surface area is 198 Å². The number of nitrogens with one attached hydrogen (secondary N) is 1. The Kier molecular flexibility index (Phi) is 7.16. The van der Waals surface area contributed by atoms with Crippen molar-refractivity contribution in [1.29, 1.82) is 0 Å². The number of piperazine rings is 1. The number of amides is 1. The zero-order chi connectivity index (χ0) is 24.1. The minimum atomic E-state index is -0.968. The highest BCUT2D eigenvalue weighted by molar-refractivity contribution is 7.99. The van der Waals surface area contributed by atoms with Gasteiger partial charge in [-0.25, -0.2) is 14.4 Å². The third kappa shape index (κ3) is 5.76. The standard InChI is InChI=1S/C22H20F2N6O3S/c23-15-1-4-17(5-2-15)28-7-9-29(10-8-28)20-12-22(26-14-25-20)34-13-21(31)27-16-3-6-18(24)19(11-16)30(32)33/h1-6,11-12,14H,7-10,13H2,(H,27,31). The number of hydrogen-bond donors (Lipinski definition) is 1. The molecule has 0 radical (unpaired) electrons. The van der Waals surface area contributed by atoms with Crippen LogP contribution in [0.1, 0.15) is 0 Å². The van der Waals surface area contributed by atoms with Gasteiger partial charge in [-0.05, 0) is 36.4 Å². The van der Waals surface area contributed by atoms with Crippen molar-refractivity contribution in [2.75, 3.05) is 47.0 Å². The monoisotopic (exact) mass is 486 g/mol. The number of nitro benzene ring substituents is 1. The number of hydrogen-bond acceptors (Lipinski definition) is 8. The minimum Gasteiger partial charge on any atom is -0.368 e. The zero-order valence-corrected chi connectivity index (χ0v) is 18.7. The molecule has 0 atom stereocenters. The second-order valence-corrected chi connectivity index (χ2v) is 8.42. The van der Waals surface area contributed by atoms with E-state index in [4.69, 9.17) is 0 Å². The first-order valence-electron chi connectivity index (χ1n) is 10.3. The number of nitrogens with zero attached hydrogens (tertiary/aromatic N) is 5. The van der Waals surface area contributed by atoms with E-state index >= 15 is 0 Å². The molecule has 4 rings (SSSR count). The molecule has 176 valence electrons. The van der Waals surface area contributed by atoms with Crippen molar-refractivity contribution in [1.82, 2.24) is 9.97 Å². The quantitative estimate of drug-likeness (QED) is 0.233. The summed E-state index contributed by atoms with van der Waals surface area (Å²) in [6.45, 7) is 2.96. The van der Waals surface area contributed by atoms with Gasteiger partial charge in [-0.15, -0.1) is 0 Å². The number of carbonyl (C=O) groups is 1. The average Bonchev–Trinajstić information content (AvgIpc) is 2.84. The first kappa shape index (κ1) is 23.4. The van der Waals surface area contributed by atoms with Gasteiger partial charge in [0, 0.05) is 49.7 Å². The largest absolute Gasteiger partial charge is 0.368 e. The molecule has 3 aromatic rings. The van der Waals surface area contributed by atoms with E-state index in [2.05, 4.69) is 25.1 Å². The summed E-state index contributed by atoms with van der Waals surface area (Å²) in [5.74, 6) is -0.879. The van der Waals surface area contributed by atoms with E-state index in [1.54, 1.807) is 18.2 Å². The molecule has 9 nitrogen and oxygen atoms in total. The average molecular weight is 487 g/mol. The van der Waals surface area contributed by atoms with Crippen molar-refractivity contribution in [3.05, 3.63) is 76.6 Å². The number of anilines is 3. The molecule has 0 unspecified atom stereocenters. The Bertz CT molecular complexity index is 1190. The van der Waals surface area contributed by atoms with Crippen molar-refractivity contribution >= 4 is 40.5 Å². The fourth-order valence-electron chi connectivity index (χ4n) is 3.49. The molecule has 2 aromatic carbocycles. The van der Waals surface area contributed by atoms with Crippen molar-refractivity contribution < 1.29 is 18.5 Å². The van der Waals surface area contributed by atoms with E-state index < -0.39 is 22.3 Å². The lowest BCUT2D eigenvalue weighted by Crippen LogP contribution is -2.46. The molecule has 1 amide bonds. The van der Waals surface area contributed by atoms with E-state index in [1.807, 2.05) is 0 Å². The van der Waals surface area contributed by atoms with E-state index in [9.17, 15) is 23.7 Å². The molecule has 1 fully saturated rings. The Morgan fingerprint density at radius 1 is 1.03 bits per heavy atom. The van der Waals surface area contributed by atoms with Gasteiger partial charge in [0.25, 0.3) is 0 Å². The lowest BCUT2D eigenvalue weighted by molar-refractivity contribution is -0.387. The van der Waals surface area contributed by atoms with Gasteiger partial charge in [-0.1, -0.05) is 11.8 Å². The van der Waals surface area contributed by atoms with Crippen LogP contribution in [-0.4, -0.2) is 52.7 Å². The van der Waals surface area contributed by atoms with Crippen LogP contribution in [-0.2, 0) is 4.79 Å². The van der Waals surface area contributed by atoms with Crippen molar-refractivity contribution in [3.8, 4) is 0 Å². The maximum absolute atomic E-state index is 13.4. The van der Waals surface area contributed by atoms with Crippen LogP contribution in [0.15, 0.2) is 59.9 Å². The second kappa shape index (κ2) is 10.4. The van der Waals surface area contributed by atoms with E-state index in [0.717, 1.165) is 49.8 Å². The molecule has 1 saturated heterocycles. The molecule has 2 heterocycles. The summed E-state index contributed by atoms with van der Waals surface area (Å²) in [6.07, 6.45) is 1.44. The van der Waals surface area contributed by atoms with Crippen molar-refractivity contribution in [3.63, 3.8) is 0 Å². The smallest absolute Gasteiger partial charge is 0.306 e. The van der Waals surface area contributed by atoms with Crippen molar-refractivity contribution in [2.24, 2.45) is 0 Å². The molecule has 0 saturated carbocycles. The normalized spacial score (nSPS) is 13.6. The van der Waals surface area contributed by atoms with Gasteiger partial charge in [-0.2, -0.15) is 4.39 Å². The van der Waals surface area contributed by atoms with Crippen LogP contribution in [0.4, 0.5) is 31.7 Å². The van der Waals surface area contributed by atoms with Crippen LogP contribution < -0.4 is 15.1 Å². The summed E-state index contributed by atoms with van der Waals surface area (Å²) >= 11 is 1.19. The van der Waals surface area contributed by atoms with E-state index in [-0.39, 0.29) is 17.3 Å². The Morgan fingerprint density at radius 2 is 1.74 bits per heavy atom. The maximum Gasteiger partial charge on any atom is 0.306 e. The zero-order valence-electron chi connectivity index (χ0n) is 17.9. The molecular weight excluding hydrogens is 466 g/mol. The van der Waals surface area contributed by atoms with Crippen LogP contribution in [0.3, 0.4) is 0 Å². The van der Waals surface area contributed by atoms with Crippen LogP contribution in [0.5, 0.6) is 0 Å². The summed E-state index contributed by atoms with van der Waals surface area (Å²) in [6, 6.07) is 11.4. The van der Waals surface area contributed by atoms with Crippen LogP contribution >= 0.6 is 11.8 Å². The molecule has 0 spiro atoms. The summed E-state index contributed by atoms with van der Waals surface area (Å²) in [7, 11) is 0. The predicted molar refractivity (Wildman–Crippen MR) is 125 cm³/mol. The fourth-order valence-corrected chi connectivity index (χ4v) is 4.16. The molecule has 1 aliphatic rings. The number of thioether (sulfide) groups is 1. The number of carbonyl (C=O) groups excluding carboxylic acids is 1. The molecule has 34 heavy (non-hydrogen) atoms. The van der Waals surface area contributed by atoms with Crippen LogP contribution in [0.2, 0.25) is 0 Å². The molecule has 12 heteroatoms. The Morgan fingerprint density at radius 3 is 2.44 bits per heavy atom.